The highest BCUT2D eigenvalue weighted by atomic mass is 35.5. The van der Waals surface area contributed by atoms with Crippen molar-refractivity contribution in [2.24, 2.45) is 7.05 Å². The first kappa shape index (κ1) is 16.0. The molecule has 0 radical (unpaired) electrons. The third-order valence-corrected chi connectivity index (χ3v) is 3.08. The van der Waals surface area contributed by atoms with E-state index >= 15 is 0 Å². The maximum Gasteiger partial charge on any atom is 0.417 e. The Labute approximate surface area is 128 Å². The summed E-state index contributed by atoms with van der Waals surface area (Å²) in [5.41, 5.74) is -0.569. The number of nitrogens with zero attached hydrogens (tertiary/aromatic N) is 3. The van der Waals surface area contributed by atoms with E-state index in [9.17, 15) is 18.0 Å². The van der Waals surface area contributed by atoms with Crippen molar-refractivity contribution in [3.63, 3.8) is 0 Å². The van der Waals surface area contributed by atoms with Crippen LogP contribution in [0.4, 0.5) is 19.0 Å². The smallest absolute Gasteiger partial charge is 0.307 e. The molecular formula is C13H10ClF3N4O. The lowest BCUT2D eigenvalue weighted by Gasteiger charge is -2.10. The van der Waals surface area contributed by atoms with Crippen LogP contribution in [0.3, 0.4) is 0 Å². The number of anilines is 1. The van der Waals surface area contributed by atoms with E-state index in [1.54, 1.807) is 7.05 Å². The van der Waals surface area contributed by atoms with Crippen LogP contribution in [-0.2, 0) is 18.0 Å². The normalized spacial score (nSPS) is 11.3. The van der Waals surface area contributed by atoms with Gasteiger partial charge < -0.3 is 5.32 Å². The van der Waals surface area contributed by atoms with Gasteiger partial charge in [-0.05, 0) is 12.1 Å². The second-order valence-electron chi connectivity index (χ2n) is 4.28. The van der Waals surface area contributed by atoms with Gasteiger partial charge in [0, 0.05) is 13.2 Å². The molecule has 1 N–H and O–H groups in total. The van der Waals surface area contributed by atoms with Crippen LogP contribution in [0.5, 0.6) is 0 Å². The zero-order valence-electron chi connectivity index (χ0n) is 11.3. The van der Waals surface area contributed by atoms with Crippen LogP contribution in [0.2, 0.25) is 5.02 Å². The number of hydrogen-bond donors (Lipinski definition) is 1. The zero-order valence-corrected chi connectivity index (χ0v) is 12.0. The van der Waals surface area contributed by atoms with Crippen molar-refractivity contribution in [3.8, 4) is 11.3 Å². The summed E-state index contributed by atoms with van der Waals surface area (Å²) in [5.74, 6) is -0.244. The molecule has 2 aromatic rings. The average Bonchev–Trinajstić information content (AvgIpc) is 2.79. The monoisotopic (exact) mass is 330 g/mol. The van der Waals surface area contributed by atoms with Crippen molar-refractivity contribution < 1.29 is 18.0 Å². The predicted molar refractivity (Wildman–Crippen MR) is 75.3 cm³/mol. The highest BCUT2D eigenvalue weighted by Gasteiger charge is 2.32. The molecule has 2 heterocycles. The van der Waals surface area contributed by atoms with Gasteiger partial charge >= 0.3 is 6.18 Å². The Bertz CT molecular complexity index is 739. The predicted octanol–water partition coefficient (Wildman–Crippen LogP) is 3.28. The molecule has 2 aromatic heterocycles. The van der Waals surface area contributed by atoms with Crippen LogP contribution < -0.4 is 5.32 Å². The Morgan fingerprint density at radius 1 is 1.45 bits per heavy atom. The van der Waals surface area contributed by atoms with E-state index in [-0.39, 0.29) is 16.5 Å². The number of pyridine rings is 1. The van der Waals surface area contributed by atoms with E-state index in [2.05, 4.69) is 22.0 Å². The fourth-order valence-corrected chi connectivity index (χ4v) is 1.99. The topological polar surface area (TPSA) is 59.8 Å². The van der Waals surface area contributed by atoms with E-state index in [0.717, 1.165) is 12.1 Å². The van der Waals surface area contributed by atoms with E-state index in [1.807, 2.05) is 0 Å². The van der Waals surface area contributed by atoms with Crippen LogP contribution in [0.1, 0.15) is 5.56 Å². The van der Waals surface area contributed by atoms with Gasteiger partial charge in [-0.3, -0.25) is 14.5 Å². The molecule has 0 aliphatic rings. The Balaban J connectivity index is 2.49. The third kappa shape index (κ3) is 3.11. The number of rotatable bonds is 3. The van der Waals surface area contributed by atoms with Gasteiger partial charge in [-0.1, -0.05) is 18.2 Å². The average molecular weight is 331 g/mol. The first-order chi connectivity index (χ1) is 10.2. The number of carbonyl (C=O) groups excluding carboxylic acids is 1. The summed E-state index contributed by atoms with van der Waals surface area (Å²) in [5, 5.41) is 6.24. The summed E-state index contributed by atoms with van der Waals surface area (Å²) in [6.45, 7) is 3.32. The number of nitrogens with one attached hydrogen (secondary N) is 1. The molecule has 0 saturated carbocycles. The maximum atomic E-state index is 12.6. The molecule has 0 aliphatic heterocycles. The number of hydrogen-bond acceptors (Lipinski definition) is 3. The quantitative estimate of drug-likeness (QED) is 0.879. The van der Waals surface area contributed by atoms with Crippen molar-refractivity contribution >= 4 is 23.3 Å². The molecule has 0 fully saturated rings. The zero-order chi connectivity index (χ0) is 16.5. The molecule has 0 aromatic carbocycles. The van der Waals surface area contributed by atoms with Crippen LogP contribution in [0.15, 0.2) is 31.1 Å². The van der Waals surface area contributed by atoms with Crippen LogP contribution in [-0.4, -0.2) is 20.7 Å². The lowest BCUT2D eigenvalue weighted by Crippen LogP contribution is -2.12. The lowest BCUT2D eigenvalue weighted by molar-refractivity contribution is -0.137. The minimum atomic E-state index is -4.54. The Morgan fingerprint density at radius 3 is 2.68 bits per heavy atom. The molecule has 0 unspecified atom stereocenters. The molecule has 1 amide bonds. The molecule has 0 saturated heterocycles. The first-order valence-electron chi connectivity index (χ1n) is 5.92. The van der Waals surface area contributed by atoms with Crippen molar-refractivity contribution in [3.05, 3.63) is 41.7 Å². The Morgan fingerprint density at radius 2 is 2.14 bits per heavy atom. The van der Waals surface area contributed by atoms with Gasteiger partial charge in [0.15, 0.2) is 0 Å². The highest BCUT2D eigenvalue weighted by Crippen LogP contribution is 2.36. The minimum Gasteiger partial charge on any atom is -0.307 e. The summed E-state index contributed by atoms with van der Waals surface area (Å²) >= 11 is 5.89. The Kier molecular flexibility index (Phi) is 4.23. The number of carbonyl (C=O) groups is 1. The standard InChI is InChI=1S/C13H10ClF3N4O/c1-3-10(22)20-12-8(6-19-21(12)2)11-9(14)4-7(5-18-11)13(15,16)17/h3-6H,1H2,2H3,(H,20,22). The summed E-state index contributed by atoms with van der Waals surface area (Å²) in [6.07, 6.45) is -1.46. The minimum absolute atomic E-state index is 0.0853. The molecular weight excluding hydrogens is 321 g/mol. The van der Waals surface area contributed by atoms with Crippen LogP contribution in [0, 0.1) is 0 Å². The van der Waals surface area contributed by atoms with Crippen molar-refractivity contribution in [2.45, 2.75) is 6.18 Å². The number of halogens is 4. The summed E-state index contributed by atoms with van der Waals surface area (Å²) < 4.78 is 39.2. The second kappa shape index (κ2) is 5.80. The van der Waals surface area contributed by atoms with Crippen LogP contribution >= 0.6 is 11.6 Å². The fraction of sp³-hybridized carbons (Fsp3) is 0.154. The van der Waals surface area contributed by atoms with Gasteiger partial charge in [-0.15, -0.1) is 0 Å². The maximum absolute atomic E-state index is 12.6. The van der Waals surface area contributed by atoms with Crippen molar-refractivity contribution in [1.82, 2.24) is 14.8 Å². The van der Waals surface area contributed by atoms with E-state index in [4.69, 9.17) is 11.6 Å². The third-order valence-electron chi connectivity index (χ3n) is 2.79. The van der Waals surface area contributed by atoms with Gasteiger partial charge in [0.1, 0.15) is 5.82 Å². The molecule has 116 valence electrons. The first-order valence-corrected chi connectivity index (χ1v) is 6.30. The molecule has 0 atom stereocenters. The number of amides is 1. The lowest BCUT2D eigenvalue weighted by atomic mass is 10.1. The second-order valence-corrected chi connectivity index (χ2v) is 4.68. The number of aromatic nitrogens is 3. The summed E-state index contributed by atoms with van der Waals surface area (Å²) in [7, 11) is 1.56. The van der Waals surface area contributed by atoms with Gasteiger partial charge in [0.2, 0.25) is 5.91 Å². The number of alkyl halides is 3. The number of aryl methyl sites for hydroxylation is 1. The van der Waals surface area contributed by atoms with Gasteiger partial charge in [0.25, 0.3) is 0 Å². The SMILES string of the molecule is C=CC(=O)Nc1c(-c2ncc(C(F)(F)F)cc2Cl)cnn1C. The van der Waals surface area contributed by atoms with E-state index < -0.39 is 17.6 Å². The molecule has 5 nitrogen and oxygen atoms in total. The van der Waals surface area contributed by atoms with Crippen molar-refractivity contribution in [1.29, 1.82) is 0 Å². The largest absolute Gasteiger partial charge is 0.417 e. The molecule has 2 rings (SSSR count). The van der Waals surface area contributed by atoms with E-state index in [0.29, 0.717) is 11.8 Å². The van der Waals surface area contributed by atoms with Crippen molar-refractivity contribution in [2.75, 3.05) is 5.32 Å². The summed E-state index contributed by atoms with van der Waals surface area (Å²) in [4.78, 5) is 15.2. The highest BCUT2D eigenvalue weighted by molar-refractivity contribution is 6.33. The fourth-order valence-electron chi connectivity index (χ4n) is 1.72. The molecule has 9 heteroatoms. The van der Waals surface area contributed by atoms with E-state index in [1.165, 1.54) is 10.9 Å². The molecule has 0 aliphatic carbocycles. The summed E-state index contributed by atoms with van der Waals surface area (Å²) in [6, 6.07) is 0.774. The van der Waals surface area contributed by atoms with Gasteiger partial charge in [-0.2, -0.15) is 18.3 Å². The van der Waals surface area contributed by atoms with Gasteiger partial charge in [0.05, 0.1) is 28.0 Å². The Hall–Kier alpha value is -2.35. The molecule has 0 bridgehead atoms. The van der Waals surface area contributed by atoms with Gasteiger partial charge in [-0.25, -0.2) is 0 Å². The molecule has 0 spiro atoms. The molecule has 22 heavy (non-hydrogen) atoms. The van der Waals surface area contributed by atoms with Crippen LogP contribution in [0.25, 0.3) is 11.3 Å².